The highest BCUT2D eigenvalue weighted by atomic mass is 32.1. The van der Waals surface area contributed by atoms with Gasteiger partial charge in [-0.1, -0.05) is 6.92 Å². The van der Waals surface area contributed by atoms with Crippen molar-refractivity contribution in [2.24, 2.45) is 0 Å². The first-order valence-electron chi connectivity index (χ1n) is 5.94. The zero-order chi connectivity index (χ0) is 13.8. The number of halogens is 1. The molecule has 0 saturated heterocycles. The monoisotopic (exact) mass is 281 g/mol. The molecule has 0 aliphatic heterocycles. The molecule has 0 fully saturated rings. The van der Waals surface area contributed by atoms with Gasteiger partial charge in [-0.3, -0.25) is 0 Å². The molecule has 0 atom stereocenters. The fourth-order valence-electron chi connectivity index (χ4n) is 1.64. The van der Waals surface area contributed by atoms with Crippen LogP contribution in [-0.2, 0) is 13.0 Å². The molecule has 1 heterocycles. The zero-order valence-corrected chi connectivity index (χ0v) is 11.7. The molecular formula is C13H16FN3OS. The highest BCUT2D eigenvalue weighted by Gasteiger charge is 2.09. The fourth-order valence-corrected chi connectivity index (χ4v) is 2.44. The van der Waals surface area contributed by atoms with Crippen LogP contribution in [0.3, 0.4) is 0 Å². The van der Waals surface area contributed by atoms with Crippen LogP contribution >= 0.6 is 11.3 Å². The zero-order valence-electron chi connectivity index (χ0n) is 10.9. The normalized spacial score (nSPS) is 10.5. The Bertz CT molecular complexity index is 571. The van der Waals surface area contributed by atoms with Crippen LogP contribution < -0.4 is 15.8 Å². The summed E-state index contributed by atoms with van der Waals surface area (Å²) in [6, 6.07) is 2.81. The van der Waals surface area contributed by atoms with Crippen LogP contribution in [0.2, 0.25) is 0 Å². The number of nitrogens with zero attached hydrogens (tertiary/aromatic N) is 1. The summed E-state index contributed by atoms with van der Waals surface area (Å²) in [5.74, 6) is -0.293. The Morgan fingerprint density at radius 1 is 1.47 bits per heavy atom. The quantitative estimate of drug-likeness (QED) is 0.827. The van der Waals surface area contributed by atoms with E-state index < -0.39 is 5.82 Å². The van der Waals surface area contributed by atoms with Crippen molar-refractivity contribution in [3.8, 4) is 5.75 Å². The predicted octanol–water partition coefficient (Wildman–Crippen LogP) is 3.05. The number of methoxy groups -OCH3 is 1. The molecular weight excluding hydrogens is 265 g/mol. The molecule has 0 spiro atoms. The maximum atomic E-state index is 13.4. The lowest BCUT2D eigenvalue weighted by Gasteiger charge is -2.10. The second kappa shape index (κ2) is 5.88. The van der Waals surface area contributed by atoms with Crippen LogP contribution in [-0.4, -0.2) is 12.1 Å². The number of nitrogen functional groups attached to an aromatic ring is 1. The molecule has 1 aromatic carbocycles. The minimum Gasteiger partial charge on any atom is -0.494 e. The maximum Gasteiger partial charge on any atom is 0.167 e. The second-order valence-electron chi connectivity index (χ2n) is 4.00. The molecule has 0 amide bonds. The van der Waals surface area contributed by atoms with Crippen molar-refractivity contribution >= 4 is 22.7 Å². The van der Waals surface area contributed by atoms with E-state index in [2.05, 4.69) is 17.2 Å². The molecule has 1 aromatic heterocycles. The van der Waals surface area contributed by atoms with Gasteiger partial charge in [0.25, 0.3) is 0 Å². The van der Waals surface area contributed by atoms with E-state index in [4.69, 9.17) is 10.5 Å². The van der Waals surface area contributed by atoms with Gasteiger partial charge in [0.1, 0.15) is 5.01 Å². The summed E-state index contributed by atoms with van der Waals surface area (Å²) in [7, 11) is 1.42. The molecule has 3 N–H and O–H groups in total. The lowest BCUT2D eigenvalue weighted by Crippen LogP contribution is -2.03. The smallest absolute Gasteiger partial charge is 0.167 e. The van der Waals surface area contributed by atoms with E-state index in [1.165, 1.54) is 18.1 Å². The summed E-state index contributed by atoms with van der Waals surface area (Å²) in [6.07, 6.45) is 2.85. The Balaban J connectivity index is 2.10. The first kappa shape index (κ1) is 13.6. The summed E-state index contributed by atoms with van der Waals surface area (Å²) in [5, 5.41) is 4.12. The van der Waals surface area contributed by atoms with Crippen molar-refractivity contribution in [2.75, 3.05) is 18.2 Å². The minimum absolute atomic E-state index is 0.171. The van der Waals surface area contributed by atoms with Crippen LogP contribution in [0.15, 0.2) is 18.3 Å². The van der Waals surface area contributed by atoms with E-state index in [1.807, 2.05) is 6.20 Å². The maximum absolute atomic E-state index is 13.4. The molecule has 19 heavy (non-hydrogen) atoms. The van der Waals surface area contributed by atoms with Crippen LogP contribution in [0.4, 0.5) is 15.8 Å². The standard InChI is InChI=1S/C13H16FN3OS/c1-3-8-6-17-13(19-8)7-16-11-5-12(18-2)9(14)4-10(11)15/h4-6,16H,3,7,15H2,1-2H3. The Kier molecular flexibility index (Phi) is 4.21. The van der Waals surface area contributed by atoms with Crippen LogP contribution in [0.5, 0.6) is 5.75 Å². The number of anilines is 2. The number of hydrogen-bond donors (Lipinski definition) is 2. The molecule has 0 aliphatic rings. The lowest BCUT2D eigenvalue weighted by atomic mass is 10.2. The number of ether oxygens (including phenoxy) is 1. The van der Waals surface area contributed by atoms with Crippen molar-refractivity contribution in [1.82, 2.24) is 4.98 Å². The molecule has 0 bridgehead atoms. The Morgan fingerprint density at radius 3 is 2.89 bits per heavy atom. The van der Waals surface area contributed by atoms with E-state index >= 15 is 0 Å². The van der Waals surface area contributed by atoms with E-state index in [0.717, 1.165) is 11.4 Å². The average molecular weight is 281 g/mol. The van der Waals surface area contributed by atoms with Gasteiger partial charge in [0.05, 0.1) is 25.0 Å². The highest BCUT2D eigenvalue weighted by molar-refractivity contribution is 7.11. The number of thiazole rings is 1. The molecule has 6 heteroatoms. The van der Waals surface area contributed by atoms with Gasteiger partial charge in [-0.05, 0) is 6.42 Å². The lowest BCUT2D eigenvalue weighted by molar-refractivity contribution is 0.387. The fraction of sp³-hybridized carbons (Fsp3) is 0.308. The molecule has 4 nitrogen and oxygen atoms in total. The number of aryl methyl sites for hydroxylation is 1. The summed E-state index contributed by atoms with van der Waals surface area (Å²) in [4.78, 5) is 5.54. The first-order chi connectivity index (χ1) is 9.13. The van der Waals surface area contributed by atoms with Gasteiger partial charge in [-0.15, -0.1) is 11.3 Å². The van der Waals surface area contributed by atoms with E-state index in [-0.39, 0.29) is 5.75 Å². The van der Waals surface area contributed by atoms with Crippen molar-refractivity contribution in [3.05, 3.63) is 34.0 Å². The Morgan fingerprint density at radius 2 is 2.26 bits per heavy atom. The van der Waals surface area contributed by atoms with Gasteiger partial charge >= 0.3 is 0 Å². The van der Waals surface area contributed by atoms with Crippen LogP contribution in [0.25, 0.3) is 0 Å². The van der Waals surface area contributed by atoms with Gasteiger partial charge in [-0.2, -0.15) is 0 Å². The summed E-state index contributed by atoms with van der Waals surface area (Å²) < 4.78 is 18.3. The predicted molar refractivity (Wildman–Crippen MR) is 76.2 cm³/mol. The van der Waals surface area contributed by atoms with Gasteiger partial charge in [0.2, 0.25) is 0 Å². The third-order valence-corrected chi connectivity index (χ3v) is 3.85. The number of aromatic nitrogens is 1. The minimum atomic E-state index is -0.465. The third kappa shape index (κ3) is 3.14. The number of rotatable bonds is 5. The highest BCUT2D eigenvalue weighted by Crippen LogP contribution is 2.28. The van der Waals surface area contributed by atoms with Gasteiger partial charge in [0.15, 0.2) is 11.6 Å². The van der Waals surface area contributed by atoms with Crippen LogP contribution in [0, 0.1) is 5.82 Å². The van der Waals surface area contributed by atoms with Crippen molar-refractivity contribution in [2.45, 2.75) is 19.9 Å². The summed E-state index contributed by atoms with van der Waals surface area (Å²) in [5.41, 5.74) is 6.76. The molecule has 2 aromatic rings. The third-order valence-electron chi connectivity index (χ3n) is 2.70. The molecule has 2 rings (SSSR count). The summed E-state index contributed by atoms with van der Waals surface area (Å²) >= 11 is 1.65. The van der Waals surface area contributed by atoms with Crippen molar-refractivity contribution in [1.29, 1.82) is 0 Å². The Labute approximate surface area is 115 Å². The van der Waals surface area contributed by atoms with Gasteiger partial charge in [-0.25, -0.2) is 9.37 Å². The van der Waals surface area contributed by atoms with Gasteiger partial charge < -0.3 is 15.8 Å². The second-order valence-corrected chi connectivity index (χ2v) is 5.20. The average Bonchev–Trinajstić information content (AvgIpc) is 2.86. The first-order valence-corrected chi connectivity index (χ1v) is 6.76. The van der Waals surface area contributed by atoms with E-state index in [0.29, 0.717) is 17.9 Å². The molecule has 0 radical (unpaired) electrons. The largest absolute Gasteiger partial charge is 0.494 e. The van der Waals surface area contributed by atoms with E-state index in [1.54, 1.807) is 17.4 Å². The molecule has 0 aliphatic carbocycles. The van der Waals surface area contributed by atoms with Gasteiger partial charge in [0, 0.05) is 23.2 Å². The number of benzene rings is 1. The SMILES string of the molecule is CCc1cnc(CNc2cc(OC)c(F)cc2N)s1. The van der Waals surface area contributed by atoms with Crippen molar-refractivity contribution < 1.29 is 9.13 Å². The number of nitrogens with two attached hydrogens (primary N) is 1. The van der Waals surface area contributed by atoms with Crippen molar-refractivity contribution in [3.63, 3.8) is 0 Å². The number of hydrogen-bond acceptors (Lipinski definition) is 5. The van der Waals surface area contributed by atoms with E-state index in [9.17, 15) is 4.39 Å². The number of nitrogens with one attached hydrogen (secondary N) is 1. The Hall–Kier alpha value is -1.82. The topological polar surface area (TPSA) is 60.2 Å². The summed E-state index contributed by atoms with van der Waals surface area (Å²) in [6.45, 7) is 2.65. The van der Waals surface area contributed by atoms with Crippen LogP contribution in [0.1, 0.15) is 16.8 Å². The molecule has 102 valence electrons. The molecule has 0 saturated carbocycles. The molecule has 0 unspecified atom stereocenters.